The molecule has 0 nitrogen and oxygen atoms in total. The minimum Gasteiger partial charge on any atom is -0.0837 e. The summed E-state index contributed by atoms with van der Waals surface area (Å²) in [5.41, 5.74) is 3.07. The molecule has 0 saturated carbocycles. The van der Waals surface area contributed by atoms with Crippen LogP contribution < -0.4 is 0 Å². The van der Waals surface area contributed by atoms with E-state index in [2.05, 4.69) is 0 Å². The van der Waals surface area contributed by atoms with E-state index in [1.807, 2.05) is 37.3 Å². The third-order valence-corrected chi connectivity index (χ3v) is 3.41. The molecule has 3 heteroatoms. The van der Waals surface area contributed by atoms with Crippen LogP contribution in [-0.4, -0.2) is 0 Å². The molecular weight excluding hydrogens is 263 g/mol. The van der Waals surface area contributed by atoms with Crippen LogP contribution in [0.2, 0.25) is 15.1 Å². The number of rotatable bonds is 1. The third-order valence-electron chi connectivity index (χ3n) is 2.36. The quantitative estimate of drug-likeness (QED) is 0.631. The van der Waals surface area contributed by atoms with Crippen molar-refractivity contribution in [1.82, 2.24) is 0 Å². The fraction of sp³-hybridized carbons (Fsp3) is 0.0769. The Balaban J connectivity index is 2.54. The molecule has 0 aromatic heterocycles. The van der Waals surface area contributed by atoms with Crippen molar-refractivity contribution in [2.24, 2.45) is 0 Å². The number of benzene rings is 2. The Morgan fingerprint density at radius 3 is 2.12 bits per heavy atom. The summed E-state index contributed by atoms with van der Waals surface area (Å²) in [7, 11) is 0. The Morgan fingerprint density at radius 1 is 0.750 bits per heavy atom. The summed E-state index contributed by atoms with van der Waals surface area (Å²) < 4.78 is 0. The van der Waals surface area contributed by atoms with Gasteiger partial charge in [-0.25, -0.2) is 0 Å². The Bertz CT molecular complexity index is 533. The van der Waals surface area contributed by atoms with Crippen LogP contribution in [0.15, 0.2) is 36.4 Å². The lowest BCUT2D eigenvalue weighted by Crippen LogP contribution is -1.81. The maximum atomic E-state index is 6.18. The van der Waals surface area contributed by atoms with E-state index >= 15 is 0 Å². The summed E-state index contributed by atoms with van der Waals surface area (Å²) in [6.07, 6.45) is 0. The molecular formula is C13H9Cl3. The monoisotopic (exact) mass is 270 g/mol. The molecule has 0 saturated heterocycles. The van der Waals surface area contributed by atoms with Crippen LogP contribution in [0.25, 0.3) is 11.1 Å². The summed E-state index contributed by atoms with van der Waals surface area (Å²) >= 11 is 18.0. The molecule has 0 heterocycles. The molecule has 0 atom stereocenters. The van der Waals surface area contributed by atoms with Gasteiger partial charge in [-0.15, -0.1) is 0 Å². The molecule has 82 valence electrons. The van der Waals surface area contributed by atoms with E-state index in [1.165, 1.54) is 0 Å². The van der Waals surface area contributed by atoms with Gasteiger partial charge in [-0.1, -0.05) is 53.0 Å². The number of hydrogen-bond acceptors (Lipinski definition) is 0. The minimum absolute atomic E-state index is 0.538. The van der Waals surface area contributed by atoms with Gasteiger partial charge in [0.2, 0.25) is 0 Å². The van der Waals surface area contributed by atoms with Crippen LogP contribution in [0.4, 0.5) is 0 Å². The normalized spacial score (nSPS) is 10.5. The van der Waals surface area contributed by atoms with Gasteiger partial charge in [-0.2, -0.15) is 0 Å². The topological polar surface area (TPSA) is 0 Å². The first-order chi connectivity index (χ1) is 7.58. The van der Waals surface area contributed by atoms with E-state index in [0.717, 1.165) is 21.7 Å². The first-order valence-corrected chi connectivity index (χ1v) is 5.93. The second-order valence-corrected chi connectivity index (χ2v) is 4.83. The van der Waals surface area contributed by atoms with Gasteiger partial charge in [0.1, 0.15) is 0 Å². The zero-order valence-electron chi connectivity index (χ0n) is 8.60. The number of aryl methyl sites for hydroxylation is 1. The summed E-state index contributed by atoms with van der Waals surface area (Å²) in [4.78, 5) is 0. The van der Waals surface area contributed by atoms with Crippen molar-refractivity contribution in [1.29, 1.82) is 0 Å². The predicted octanol–water partition coefficient (Wildman–Crippen LogP) is 5.62. The number of hydrogen-bond donors (Lipinski definition) is 0. The molecule has 0 unspecified atom stereocenters. The highest BCUT2D eigenvalue weighted by Crippen LogP contribution is 2.32. The third kappa shape index (κ3) is 2.35. The zero-order valence-corrected chi connectivity index (χ0v) is 10.9. The van der Waals surface area contributed by atoms with Crippen molar-refractivity contribution in [2.45, 2.75) is 6.92 Å². The SMILES string of the molecule is Cc1ccc(-c2ccc(Cl)c(Cl)c2)c(Cl)c1. The standard InChI is InChI=1S/C13H9Cl3/c1-8-2-4-10(12(15)6-8)9-3-5-11(14)13(16)7-9/h2-7H,1H3. The van der Waals surface area contributed by atoms with E-state index in [4.69, 9.17) is 34.8 Å². The average Bonchev–Trinajstić information content (AvgIpc) is 2.22. The van der Waals surface area contributed by atoms with Crippen LogP contribution in [0.1, 0.15) is 5.56 Å². The fourth-order valence-electron chi connectivity index (χ4n) is 1.52. The first kappa shape index (κ1) is 11.8. The van der Waals surface area contributed by atoms with Crippen LogP contribution in [0, 0.1) is 6.92 Å². The second kappa shape index (κ2) is 4.67. The first-order valence-electron chi connectivity index (χ1n) is 4.79. The van der Waals surface area contributed by atoms with E-state index < -0.39 is 0 Å². The summed E-state index contributed by atoms with van der Waals surface area (Å²) in [6, 6.07) is 11.4. The van der Waals surface area contributed by atoms with Gasteiger partial charge >= 0.3 is 0 Å². The molecule has 0 bridgehead atoms. The van der Waals surface area contributed by atoms with Crippen LogP contribution in [0.5, 0.6) is 0 Å². The van der Waals surface area contributed by atoms with Crippen molar-refractivity contribution in [3.05, 3.63) is 57.0 Å². The van der Waals surface area contributed by atoms with E-state index in [0.29, 0.717) is 10.0 Å². The molecule has 16 heavy (non-hydrogen) atoms. The molecule has 0 N–H and O–H groups in total. The Kier molecular flexibility index (Phi) is 3.44. The molecule has 0 amide bonds. The van der Waals surface area contributed by atoms with Crippen molar-refractivity contribution in [3.63, 3.8) is 0 Å². The lowest BCUT2D eigenvalue weighted by atomic mass is 10.0. The van der Waals surface area contributed by atoms with Crippen LogP contribution in [-0.2, 0) is 0 Å². The van der Waals surface area contributed by atoms with Gasteiger partial charge in [0, 0.05) is 10.6 Å². The maximum absolute atomic E-state index is 6.18. The van der Waals surface area contributed by atoms with Gasteiger partial charge in [-0.3, -0.25) is 0 Å². The minimum atomic E-state index is 0.538. The van der Waals surface area contributed by atoms with Crippen molar-refractivity contribution >= 4 is 34.8 Å². The van der Waals surface area contributed by atoms with Gasteiger partial charge in [0.15, 0.2) is 0 Å². The molecule has 0 radical (unpaired) electrons. The molecule has 0 fully saturated rings. The van der Waals surface area contributed by atoms with Gasteiger partial charge in [-0.05, 0) is 36.2 Å². The highest BCUT2D eigenvalue weighted by atomic mass is 35.5. The second-order valence-electron chi connectivity index (χ2n) is 3.61. The lowest BCUT2D eigenvalue weighted by Gasteiger charge is -2.06. The fourth-order valence-corrected chi connectivity index (χ4v) is 2.16. The number of halogens is 3. The predicted molar refractivity (Wildman–Crippen MR) is 71.6 cm³/mol. The van der Waals surface area contributed by atoms with Crippen LogP contribution in [0.3, 0.4) is 0 Å². The highest BCUT2D eigenvalue weighted by Gasteiger charge is 2.05. The largest absolute Gasteiger partial charge is 0.0837 e. The molecule has 2 aromatic carbocycles. The average molecular weight is 272 g/mol. The smallest absolute Gasteiger partial charge is 0.0598 e. The van der Waals surface area contributed by atoms with Crippen LogP contribution >= 0.6 is 34.8 Å². The van der Waals surface area contributed by atoms with E-state index in [9.17, 15) is 0 Å². The molecule has 0 aliphatic heterocycles. The van der Waals surface area contributed by atoms with Crippen molar-refractivity contribution < 1.29 is 0 Å². The maximum Gasteiger partial charge on any atom is 0.0598 e. The summed E-state index contributed by atoms with van der Waals surface area (Å²) in [5.74, 6) is 0. The molecule has 2 rings (SSSR count). The molecule has 0 spiro atoms. The summed E-state index contributed by atoms with van der Waals surface area (Å²) in [6.45, 7) is 2.00. The summed E-state index contributed by atoms with van der Waals surface area (Å²) in [5, 5.41) is 1.81. The van der Waals surface area contributed by atoms with Gasteiger partial charge in [0.05, 0.1) is 10.0 Å². The zero-order chi connectivity index (χ0) is 11.7. The van der Waals surface area contributed by atoms with E-state index in [-0.39, 0.29) is 0 Å². The molecule has 0 aliphatic rings. The van der Waals surface area contributed by atoms with E-state index in [1.54, 1.807) is 6.07 Å². The highest BCUT2D eigenvalue weighted by molar-refractivity contribution is 6.42. The Morgan fingerprint density at radius 2 is 1.50 bits per heavy atom. The molecule has 2 aromatic rings. The van der Waals surface area contributed by atoms with Crippen molar-refractivity contribution in [2.75, 3.05) is 0 Å². The Labute approximate surface area is 110 Å². The van der Waals surface area contributed by atoms with Crippen molar-refractivity contribution in [3.8, 4) is 11.1 Å². The van der Waals surface area contributed by atoms with Gasteiger partial charge in [0.25, 0.3) is 0 Å². The lowest BCUT2D eigenvalue weighted by molar-refractivity contribution is 1.47. The Hall–Kier alpha value is -0.690. The van der Waals surface area contributed by atoms with Gasteiger partial charge < -0.3 is 0 Å². The molecule has 0 aliphatic carbocycles.